The van der Waals surface area contributed by atoms with Crippen molar-refractivity contribution in [3.05, 3.63) is 51.5 Å². The smallest absolute Gasteiger partial charge is 0.0644 e. The number of hydrogen-bond acceptors (Lipinski definition) is 2. The third kappa shape index (κ3) is 2.55. The summed E-state index contributed by atoms with van der Waals surface area (Å²) < 4.78 is 0. The molecular formula is C14H14Cl2N2. The molecule has 18 heavy (non-hydrogen) atoms. The zero-order valence-corrected chi connectivity index (χ0v) is 11.7. The molecule has 0 aliphatic heterocycles. The highest BCUT2D eigenvalue weighted by Crippen LogP contribution is 2.32. The van der Waals surface area contributed by atoms with E-state index in [-0.39, 0.29) is 0 Å². The Hall–Kier alpha value is -1.38. The normalized spacial score (nSPS) is 10.4. The average Bonchev–Trinajstić information content (AvgIpc) is 2.32. The molecule has 2 aromatic rings. The Labute approximate surface area is 117 Å². The number of aryl methyl sites for hydroxylation is 1. The van der Waals surface area contributed by atoms with Crippen LogP contribution in [0, 0.1) is 13.8 Å². The Morgan fingerprint density at radius 1 is 1.00 bits per heavy atom. The summed E-state index contributed by atoms with van der Waals surface area (Å²) in [5.41, 5.74) is 10.3. The zero-order valence-electron chi connectivity index (χ0n) is 10.2. The Kier molecular flexibility index (Phi) is 3.69. The minimum atomic E-state index is 0.638. The maximum atomic E-state index is 6.19. The summed E-state index contributed by atoms with van der Waals surface area (Å²) in [6.07, 6.45) is 0. The fourth-order valence-electron chi connectivity index (χ4n) is 1.68. The molecule has 0 atom stereocenters. The molecule has 0 amide bonds. The Bertz CT molecular complexity index is 595. The molecule has 2 rings (SSSR count). The van der Waals surface area contributed by atoms with Crippen LogP contribution in [-0.2, 0) is 0 Å². The molecule has 2 aromatic carbocycles. The second kappa shape index (κ2) is 5.09. The first-order valence-corrected chi connectivity index (χ1v) is 6.32. The summed E-state index contributed by atoms with van der Waals surface area (Å²) in [6.45, 7) is 3.88. The zero-order chi connectivity index (χ0) is 13.3. The van der Waals surface area contributed by atoms with Crippen molar-refractivity contribution in [2.45, 2.75) is 13.8 Å². The first-order valence-electron chi connectivity index (χ1n) is 5.57. The van der Waals surface area contributed by atoms with Gasteiger partial charge in [-0.15, -0.1) is 0 Å². The molecule has 0 aliphatic carbocycles. The molecule has 0 unspecified atom stereocenters. The largest absolute Gasteiger partial charge is 0.398 e. The molecule has 0 saturated heterocycles. The van der Waals surface area contributed by atoms with Gasteiger partial charge in [-0.3, -0.25) is 0 Å². The van der Waals surface area contributed by atoms with Crippen molar-refractivity contribution >= 4 is 40.3 Å². The first kappa shape index (κ1) is 13.1. The lowest BCUT2D eigenvalue weighted by Crippen LogP contribution is -1.97. The van der Waals surface area contributed by atoms with Crippen molar-refractivity contribution in [2.24, 2.45) is 0 Å². The highest BCUT2D eigenvalue weighted by molar-refractivity contribution is 6.35. The fraction of sp³-hybridized carbons (Fsp3) is 0.143. The van der Waals surface area contributed by atoms with Gasteiger partial charge in [-0.1, -0.05) is 29.3 Å². The summed E-state index contributed by atoms with van der Waals surface area (Å²) >= 11 is 12.3. The van der Waals surface area contributed by atoms with Gasteiger partial charge in [0.2, 0.25) is 0 Å². The molecule has 4 heteroatoms. The van der Waals surface area contributed by atoms with E-state index in [1.165, 1.54) is 0 Å². The van der Waals surface area contributed by atoms with Crippen molar-refractivity contribution in [1.82, 2.24) is 0 Å². The van der Waals surface area contributed by atoms with Gasteiger partial charge in [0.05, 0.1) is 10.7 Å². The molecular weight excluding hydrogens is 267 g/mol. The van der Waals surface area contributed by atoms with Crippen LogP contribution in [-0.4, -0.2) is 0 Å². The van der Waals surface area contributed by atoms with Crippen LogP contribution in [0.5, 0.6) is 0 Å². The summed E-state index contributed by atoms with van der Waals surface area (Å²) in [7, 11) is 0. The number of anilines is 3. The van der Waals surface area contributed by atoms with Gasteiger partial charge >= 0.3 is 0 Å². The predicted molar refractivity (Wildman–Crippen MR) is 80.1 cm³/mol. The third-order valence-electron chi connectivity index (χ3n) is 2.89. The molecule has 0 spiro atoms. The quantitative estimate of drug-likeness (QED) is 0.765. The topological polar surface area (TPSA) is 38.0 Å². The lowest BCUT2D eigenvalue weighted by molar-refractivity contribution is 1.41. The van der Waals surface area contributed by atoms with Crippen molar-refractivity contribution < 1.29 is 0 Å². The summed E-state index contributed by atoms with van der Waals surface area (Å²) in [4.78, 5) is 0. The highest BCUT2D eigenvalue weighted by Gasteiger charge is 2.07. The molecule has 0 aromatic heterocycles. The van der Waals surface area contributed by atoms with Crippen LogP contribution in [0.1, 0.15) is 11.1 Å². The Balaban J connectivity index is 2.40. The van der Waals surface area contributed by atoms with Crippen molar-refractivity contribution in [2.75, 3.05) is 11.1 Å². The molecule has 94 valence electrons. The minimum Gasteiger partial charge on any atom is -0.398 e. The van der Waals surface area contributed by atoms with E-state index in [2.05, 4.69) is 5.32 Å². The van der Waals surface area contributed by atoms with Gasteiger partial charge in [-0.25, -0.2) is 0 Å². The molecule has 0 radical (unpaired) electrons. The second-order valence-electron chi connectivity index (χ2n) is 4.23. The van der Waals surface area contributed by atoms with E-state index in [1.807, 2.05) is 44.2 Å². The van der Waals surface area contributed by atoms with Crippen LogP contribution in [0.2, 0.25) is 10.0 Å². The monoisotopic (exact) mass is 280 g/mol. The molecule has 3 N–H and O–H groups in total. The van der Waals surface area contributed by atoms with Crippen LogP contribution in [0.3, 0.4) is 0 Å². The number of benzene rings is 2. The fourth-order valence-corrected chi connectivity index (χ4v) is 2.11. The van der Waals surface area contributed by atoms with Gasteiger partial charge in [0.25, 0.3) is 0 Å². The number of nitrogen functional groups attached to an aromatic ring is 1. The molecule has 0 saturated carbocycles. The van der Waals surface area contributed by atoms with Crippen LogP contribution < -0.4 is 11.1 Å². The van der Waals surface area contributed by atoms with Crippen LogP contribution in [0.25, 0.3) is 0 Å². The van der Waals surface area contributed by atoms with E-state index in [0.717, 1.165) is 28.2 Å². The average molecular weight is 281 g/mol. The number of halogens is 2. The first-order chi connectivity index (χ1) is 8.49. The number of nitrogens with two attached hydrogens (primary N) is 1. The lowest BCUT2D eigenvalue weighted by Gasteiger charge is -2.13. The maximum absolute atomic E-state index is 6.19. The third-order valence-corrected chi connectivity index (χ3v) is 3.61. The van der Waals surface area contributed by atoms with Crippen molar-refractivity contribution in [3.63, 3.8) is 0 Å². The van der Waals surface area contributed by atoms with Crippen LogP contribution >= 0.6 is 23.2 Å². The summed E-state index contributed by atoms with van der Waals surface area (Å²) in [5.74, 6) is 0. The Morgan fingerprint density at radius 3 is 2.44 bits per heavy atom. The van der Waals surface area contributed by atoms with Crippen molar-refractivity contribution in [1.29, 1.82) is 0 Å². The number of nitrogens with one attached hydrogen (secondary N) is 1. The Morgan fingerprint density at radius 2 is 1.72 bits per heavy atom. The van der Waals surface area contributed by atoms with Crippen molar-refractivity contribution in [3.8, 4) is 0 Å². The minimum absolute atomic E-state index is 0.638. The molecule has 0 heterocycles. The van der Waals surface area contributed by atoms with Gasteiger partial charge in [0, 0.05) is 16.4 Å². The van der Waals surface area contributed by atoms with Crippen LogP contribution in [0.15, 0.2) is 30.3 Å². The van der Waals surface area contributed by atoms with Gasteiger partial charge in [0.1, 0.15) is 0 Å². The van der Waals surface area contributed by atoms with E-state index >= 15 is 0 Å². The standard InChI is InChI=1S/C14H14Cl2N2/c1-8-6-11(16)14(7-10(8)15)18-13-5-3-4-12(17)9(13)2/h3-7,18H,17H2,1-2H3. The number of rotatable bonds is 2. The van der Waals surface area contributed by atoms with Crippen LogP contribution in [0.4, 0.5) is 17.1 Å². The summed E-state index contributed by atoms with van der Waals surface area (Å²) in [5, 5.41) is 4.57. The van der Waals surface area contributed by atoms with E-state index in [4.69, 9.17) is 28.9 Å². The second-order valence-corrected chi connectivity index (χ2v) is 5.04. The molecule has 0 bridgehead atoms. The summed E-state index contributed by atoms with van der Waals surface area (Å²) in [6, 6.07) is 9.38. The van der Waals surface area contributed by atoms with E-state index in [1.54, 1.807) is 0 Å². The number of hydrogen-bond donors (Lipinski definition) is 2. The molecule has 2 nitrogen and oxygen atoms in total. The van der Waals surface area contributed by atoms with Gasteiger partial charge in [-0.2, -0.15) is 0 Å². The van der Waals surface area contributed by atoms with Gasteiger partial charge in [0.15, 0.2) is 0 Å². The van der Waals surface area contributed by atoms with E-state index in [9.17, 15) is 0 Å². The predicted octanol–water partition coefficient (Wildman–Crippen LogP) is 4.94. The van der Waals surface area contributed by atoms with Gasteiger partial charge < -0.3 is 11.1 Å². The van der Waals surface area contributed by atoms with E-state index in [0.29, 0.717) is 10.0 Å². The van der Waals surface area contributed by atoms with E-state index < -0.39 is 0 Å². The highest BCUT2D eigenvalue weighted by atomic mass is 35.5. The lowest BCUT2D eigenvalue weighted by atomic mass is 10.1. The molecule has 0 fully saturated rings. The SMILES string of the molecule is Cc1cc(Cl)c(Nc2cccc(N)c2C)cc1Cl. The molecule has 0 aliphatic rings. The van der Waals surface area contributed by atoms with Gasteiger partial charge in [-0.05, 0) is 49.2 Å². The maximum Gasteiger partial charge on any atom is 0.0644 e.